The van der Waals surface area contributed by atoms with E-state index in [0.717, 1.165) is 10.2 Å². The molecule has 2 heterocycles. The van der Waals surface area contributed by atoms with Crippen LogP contribution in [0.2, 0.25) is 0 Å². The molecule has 1 unspecified atom stereocenters. The number of aromatic nitrogens is 3. The van der Waals surface area contributed by atoms with Crippen molar-refractivity contribution in [1.82, 2.24) is 25.6 Å². The summed E-state index contributed by atoms with van der Waals surface area (Å²) in [4.78, 5) is 49.0. The van der Waals surface area contributed by atoms with Crippen molar-refractivity contribution in [2.45, 2.75) is 51.6 Å². The third-order valence-corrected chi connectivity index (χ3v) is 5.69. The highest BCUT2D eigenvalue weighted by Gasteiger charge is 2.30. The van der Waals surface area contributed by atoms with Crippen molar-refractivity contribution in [3.05, 3.63) is 63.9 Å². The number of nitrogens with one attached hydrogen (secondary N) is 3. The molecule has 2 aromatic carbocycles. The highest BCUT2D eigenvalue weighted by molar-refractivity contribution is 5.99. The minimum atomic E-state index is -0.890. The lowest BCUT2D eigenvalue weighted by molar-refractivity contribution is -0.136. The Morgan fingerprint density at radius 2 is 1.94 bits per heavy atom. The van der Waals surface area contributed by atoms with E-state index in [0.29, 0.717) is 16.8 Å². The Kier molecular flexibility index (Phi) is 6.14. The second-order valence-electron chi connectivity index (χ2n) is 9.30. The molecule has 0 aliphatic carbocycles. The predicted molar refractivity (Wildman–Crippen MR) is 126 cm³/mol. The van der Waals surface area contributed by atoms with Crippen molar-refractivity contribution >= 4 is 34.4 Å². The molecular weight excluding hydrogens is 436 g/mol. The number of amides is 4. The number of carbonyl (C=O) groups is 3. The third-order valence-electron chi connectivity index (χ3n) is 5.69. The molecule has 1 aliphatic rings. The molecule has 1 saturated heterocycles. The minimum Gasteiger partial charge on any atom is -0.334 e. The lowest BCUT2D eigenvalue weighted by atomic mass is 9.87. The molecule has 34 heavy (non-hydrogen) atoms. The molecule has 176 valence electrons. The van der Waals surface area contributed by atoms with Crippen molar-refractivity contribution in [2.75, 3.05) is 5.32 Å². The first kappa shape index (κ1) is 23.1. The number of nitrogens with zero attached hydrogens (tertiary/aromatic N) is 3. The van der Waals surface area contributed by atoms with Crippen molar-refractivity contribution in [2.24, 2.45) is 0 Å². The lowest BCUT2D eigenvalue weighted by Gasteiger charge is -2.21. The largest absolute Gasteiger partial charge is 0.334 e. The molecule has 0 radical (unpaired) electrons. The molecule has 3 N–H and O–H groups in total. The van der Waals surface area contributed by atoms with Gasteiger partial charge in [0.15, 0.2) is 0 Å². The Morgan fingerprint density at radius 3 is 2.68 bits per heavy atom. The fourth-order valence-electron chi connectivity index (χ4n) is 3.75. The average molecular weight is 463 g/mol. The normalized spacial score (nSPS) is 16.3. The van der Waals surface area contributed by atoms with Crippen LogP contribution in [-0.4, -0.2) is 32.8 Å². The zero-order valence-corrected chi connectivity index (χ0v) is 19.2. The zero-order valence-electron chi connectivity index (χ0n) is 19.2. The van der Waals surface area contributed by atoms with Gasteiger partial charge in [-0.2, -0.15) is 4.68 Å². The van der Waals surface area contributed by atoms with Gasteiger partial charge in [-0.3, -0.25) is 19.7 Å². The van der Waals surface area contributed by atoms with Crippen molar-refractivity contribution in [3.63, 3.8) is 0 Å². The van der Waals surface area contributed by atoms with Gasteiger partial charge in [-0.25, -0.2) is 4.79 Å². The molecule has 1 fully saturated rings. The van der Waals surface area contributed by atoms with Crippen molar-refractivity contribution in [1.29, 1.82) is 0 Å². The summed E-state index contributed by atoms with van der Waals surface area (Å²) < 4.78 is 1.01. The summed E-state index contributed by atoms with van der Waals surface area (Å²) in [7, 11) is 0. The van der Waals surface area contributed by atoms with Crippen molar-refractivity contribution < 1.29 is 14.4 Å². The summed E-state index contributed by atoms with van der Waals surface area (Å²) in [6.45, 7) is 6.49. The van der Waals surface area contributed by atoms with E-state index in [-0.39, 0.29) is 42.1 Å². The molecule has 1 aliphatic heterocycles. The van der Waals surface area contributed by atoms with Gasteiger partial charge in [0.25, 0.3) is 11.5 Å². The molecule has 10 nitrogen and oxygen atoms in total. The number of imide groups is 1. The maximum absolute atomic E-state index is 13.0. The topological polar surface area (TPSA) is 135 Å². The third kappa shape index (κ3) is 4.95. The van der Waals surface area contributed by atoms with E-state index in [1.54, 1.807) is 18.2 Å². The first-order valence-electron chi connectivity index (χ1n) is 11.0. The van der Waals surface area contributed by atoms with E-state index in [2.05, 4.69) is 47.0 Å². The first-order valence-corrected chi connectivity index (χ1v) is 11.0. The number of rotatable bonds is 4. The van der Waals surface area contributed by atoms with Crippen LogP contribution in [0.5, 0.6) is 0 Å². The molecule has 0 bridgehead atoms. The fourth-order valence-corrected chi connectivity index (χ4v) is 3.75. The van der Waals surface area contributed by atoms with Crippen LogP contribution >= 0.6 is 0 Å². The first-order chi connectivity index (χ1) is 16.1. The van der Waals surface area contributed by atoms with Gasteiger partial charge >= 0.3 is 6.03 Å². The van der Waals surface area contributed by atoms with Crippen LogP contribution in [0.4, 0.5) is 10.5 Å². The Balaban J connectivity index is 1.48. The highest BCUT2D eigenvalue weighted by Crippen LogP contribution is 2.24. The quantitative estimate of drug-likeness (QED) is 0.510. The van der Waals surface area contributed by atoms with Crippen LogP contribution < -0.4 is 21.5 Å². The number of benzene rings is 2. The molecule has 3 aromatic rings. The predicted octanol–water partition coefficient (Wildman–Crippen LogP) is 2.39. The SMILES string of the molecule is CC(C)(C)c1cccc(NC(=O)NCc2ccc3nnn(C4CCC(=O)NC4=O)c(=O)c3c2)c1. The monoisotopic (exact) mass is 462 g/mol. The molecule has 4 amide bonds. The van der Waals surface area contributed by atoms with E-state index >= 15 is 0 Å². The second kappa shape index (κ2) is 9.05. The number of urea groups is 1. The smallest absolute Gasteiger partial charge is 0.319 e. The number of carbonyl (C=O) groups excluding carboxylic acids is 3. The van der Waals surface area contributed by atoms with E-state index < -0.39 is 17.5 Å². The van der Waals surface area contributed by atoms with Gasteiger partial charge < -0.3 is 10.6 Å². The molecule has 1 atom stereocenters. The molecule has 0 saturated carbocycles. The van der Waals surface area contributed by atoms with Gasteiger partial charge in [0, 0.05) is 18.7 Å². The Hall–Kier alpha value is -4.08. The van der Waals surface area contributed by atoms with Crippen LogP contribution in [0, 0.1) is 0 Å². The van der Waals surface area contributed by atoms with Gasteiger partial charge in [-0.05, 0) is 47.2 Å². The number of hydrogen-bond donors (Lipinski definition) is 3. The van der Waals surface area contributed by atoms with Crippen LogP contribution in [0.25, 0.3) is 10.9 Å². The van der Waals surface area contributed by atoms with Gasteiger partial charge in [-0.15, -0.1) is 5.10 Å². The number of hydrogen-bond acceptors (Lipinski definition) is 6. The molecular formula is C24H26N6O4. The Morgan fingerprint density at radius 1 is 1.15 bits per heavy atom. The lowest BCUT2D eigenvalue weighted by Crippen LogP contribution is -2.45. The van der Waals surface area contributed by atoms with E-state index in [1.807, 2.05) is 24.3 Å². The standard InChI is InChI=1S/C24H26N6O4/c1-24(2,3)15-5-4-6-16(12-15)26-23(34)25-13-14-7-8-18-17(11-14)22(33)30(29-28-18)19-9-10-20(31)27-21(19)32/h4-8,11-12,19H,9-10,13H2,1-3H3,(H2,25,26,34)(H,27,31,32). The summed E-state index contributed by atoms with van der Waals surface area (Å²) in [6, 6.07) is 11.4. The van der Waals surface area contributed by atoms with Crippen molar-refractivity contribution in [3.8, 4) is 0 Å². The van der Waals surface area contributed by atoms with Gasteiger partial charge in [0.2, 0.25) is 5.91 Å². The van der Waals surface area contributed by atoms with Crippen LogP contribution in [0.15, 0.2) is 47.3 Å². The van der Waals surface area contributed by atoms with Crippen LogP contribution in [0.1, 0.15) is 50.8 Å². The van der Waals surface area contributed by atoms with E-state index in [1.165, 1.54) is 0 Å². The van der Waals surface area contributed by atoms with E-state index in [9.17, 15) is 19.2 Å². The summed E-state index contributed by atoms with van der Waals surface area (Å²) in [6.07, 6.45) is 0.308. The number of anilines is 1. The summed E-state index contributed by atoms with van der Waals surface area (Å²) >= 11 is 0. The Labute approximate surface area is 195 Å². The van der Waals surface area contributed by atoms with Crippen LogP contribution in [-0.2, 0) is 21.5 Å². The summed E-state index contributed by atoms with van der Waals surface area (Å²) in [5.41, 5.74) is 2.33. The fraction of sp³-hybridized carbons (Fsp3) is 0.333. The number of fused-ring (bicyclic) bond motifs is 1. The molecule has 4 rings (SSSR count). The minimum absolute atomic E-state index is 0.0388. The summed E-state index contributed by atoms with van der Waals surface area (Å²) in [5, 5.41) is 16.0. The number of piperidine rings is 1. The van der Waals surface area contributed by atoms with Gasteiger partial charge in [0.05, 0.1) is 5.39 Å². The molecule has 1 aromatic heterocycles. The Bertz CT molecular complexity index is 1340. The van der Waals surface area contributed by atoms with Gasteiger partial charge in [0.1, 0.15) is 11.6 Å². The maximum atomic E-state index is 13.0. The molecule has 0 spiro atoms. The van der Waals surface area contributed by atoms with E-state index in [4.69, 9.17) is 0 Å². The summed E-state index contributed by atoms with van der Waals surface area (Å²) in [5.74, 6) is -0.947. The molecule has 10 heteroatoms. The van der Waals surface area contributed by atoms with Crippen LogP contribution in [0.3, 0.4) is 0 Å². The second-order valence-corrected chi connectivity index (χ2v) is 9.30. The highest BCUT2D eigenvalue weighted by atomic mass is 16.2. The maximum Gasteiger partial charge on any atom is 0.319 e. The van der Waals surface area contributed by atoms with Gasteiger partial charge in [-0.1, -0.05) is 44.2 Å². The zero-order chi connectivity index (χ0) is 24.5. The average Bonchev–Trinajstić information content (AvgIpc) is 2.78.